The van der Waals surface area contributed by atoms with E-state index in [1.807, 2.05) is 36.4 Å². The molecule has 0 radical (unpaired) electrons. The van der Waals surface area contributed by atoms with Crippen molar-refractivity contribution in [3.8, 4) is 5.75 Å². The zero-order valence-electron chi connectivity index (χ0n) is 15.6. The molecule has 0 atom stereocenters. The summed E-state index contributed by atoms with van der Waals surface area (Å²) in [5.41, 5.74) is 2.25. The van der Waals surface area contributed by atoms with Crippen LogP contribution in [0.3, 0.4) is 0 Å². The molecule has 142 valence electrons. The Morgan fingerprint density at radius 2 is 1.81 bits per heavy atom. The van der Waals surface area contributed by atoms with Gasteiger partial charge in [-0.25, -0.2) is 0 Å². The van der Waals surface area contributed by atoms with E-state index in [0.29, 0.717) is 6.61 Å². The van der Waals surface area contributed by atoms with Crippen LogP contribution in [-0.4, -0.2) is 6.54 Å². The number of ether oxygens (including phenoxy) is 1. The maximum Gasteiger partial charge on any atom is 0.124 e. The third-order valence-corrected chi connectivity index (χ3v) is 5.06. The van der Waals surface area contributed by atoms with Gasteiger partial charge in [0.2, 0.25) is 0 Å². The highest BCUT2D eigenvalue weighted by atomic mass is 79.9. The molecule has 2 aromatic carbocycles. The molecule has 0 aliphatic carbocycles. The van der Waals surface area contributed by atoms with Crippen molar-refractivity contribution < 1.29 is 4.74 Å². The van der Waals surface area contributed by atoms with Crippen LogP contribution in [0.2, 0.25) is 5.02 Å². The lowest BCUT2D eigenvalue weighted by Crippen LogP contribution is -2.15. The number of hydrogen-bond acceptors (Lipinski definition) is 2. The van der Waals surface area contributed by atoms with Gasteiger partial charge in [0, 0.05) is 21.6 Å². The minimum Gasteiger partial charge on any atom is -0.489 e. The first-order valence-electron chi connectivity index (χ1n) is 9.55. The largest absolute Gasteiger partial charge is 0.489 e. The second kappa shape index (κ2) is 12.4. The van der Waals surface area contributed by atoms with Crippen LogP contribution in [0.15, 0.2) is 46.9 Å². The second-order valence-electron chi connectivity index (χ2n) is 6.62. The van der Waals surface area contributed by atoms with Crippen LogP contribution in [0.5, 0.6) is 5.75 Å². The maximum atomic E-state index is 6.05. The van der Waals surface area contributed by atoms with Gasteiger partial charge >= 0.3 is 0 Å². The zero-order valence-corrected chi connectivity index (χ0v) is 17.9. The highest BCUT2D eigenvalue weighted by Gasteiger charge is 2.06. The van der Waals surface area contributed by atoms with Crippen molar-refractivity contribution in [1.82, 2.24) is 5.32 Å². The molecule has 0 aromatic heterocycles. The molecule has 0 bridgehead atoms. The summed E-state index contributed by atoms with van der Waals surface area (Å²) in [5.74, 6) is 0.920. The van der Waals surface area contributed by atoms with Crippen molar-refractivity contribution in [2.45, 2.75) is 58.6 Å². The molecule has 26 heavy (non-hydrogen) atoms. The Morgan fingerprint density at radius 3 is 2.62 bits per heavy atom. The lowest BCUT2D eigenvalue weighted by molar-refractivity contribution is 0.302. The van der Waals surface area contributed by atoms with E-state index in [-0.39, 0.29) is 0 Å². The van der Waals surface area contributed by atoms with Gasteiger partial charge in [-0.1, -0.05) is 78.7 Å². The summed E-state index contributed by atoms with van der Waals surface area (Å²) < 4.78 is 7.11. The predicted molar refractivity (Wildman–Crippen MR) is 115 cm³/mol. The lowest BCUT2D eigenvalue weighted by atomic mass is 10.1. The minimum absolute atomic E-state index is 0.520. The molecule has 0 amide bonds. The minimum atomic E-state index is 0.520. The van der Waals surface area contributed by atoms with Gasteiger partial charge in [0.1, 0.15) is 12.4 Å². The van der Waals surface area contributed by atoms with Gasteiger partial charge in [0.25, 0.3) is 0 Å². The van der Waals surface area contributed by atoms with Crippen LogP contribution < -0.4 is 10.1 Å². The van der Waals surface area contributed by atoms with Crippen molar-refractivity contribution in [1.29, 1.82) is 0 Å². The number of rotatable bonds is 12. The molecule has 0 aliphatic heterocycles. The fourth-order valence-electron chi connectivity index (χ4n) is 2.87. The lowest BCUT2D eigenvalue weighted by Gasteiger charge is -2.13. The van der Waals surface area contributed by atoms with Gasteiger partial charge < -0.3 is 10.1 Å². The van der Waals surface area contributed by atoms with E-state index in [1.165, 1.54) is 44.1 Å². The first kappa shape index (κ1) is 21.3. The second-order valence-corrected chi connectivity index (χ2v) is 7.97. The van der Waals surface area contributed by atoms with E-state index < -0.39 is 0 Å². The Hall–Kier alpha value is -1.03. The molecule has 0 fully saturated rings. The quantitative estimate of drug-likeness (QED) is 0.356. The summed E-state index contributed by atoms with van der Waals surface area (Å²) >= 11 is 9.60. The van der Waals surface area contributed by atoms with Crippen LogP contribution in [-0.2, 0) is 13.2 Å². The molecule has 0 heterocycles. The van der Waals surface area contributed by atoms with E-state index in [9.17, 15) is 0 Å². The number of halogens is 2. The number of nitrogens with one attached hydrogen (secondary N) is 1. The van der Waals surface area contributed by atoms with E-state index in [2.05, 4.69) is 34.2 Å². The standard InChI is InChI=1S/C22H29BrClNO/c1-2-3-4-5-6-7-13-25-16-19-15-20(23)11-12-22(19)26-17-18-9-8-10-21(24)14-18/h8-12,14-15,25H,2-7,13,16-17H2,1H3. The Labute approximate surface area is 171 Å². The van der Waals surface area contributed by atoms with Gasteiger partial charge in [-0.3, -0.25) is 0 Å². The number of benzene rings is 2. The Morgan fingerprint density at radius 1 is 1.00 bits per heavy atom. The Bertz CT molecular complexity index is 662. The number of unbranched alkanes of at least 4 members (excludes halogenated alkanes) is 5. The molecular formula is C22H29BrClNO. The summed E-state index contributed by atoms with van der Waals surface area (Å²) in [6, 6.07) is 14.0. The molecule has 1 N–H and O–H groups in total. The van der Waals surface area contributed by atoms with Crippen molar-refractivity contribution in [2.75, 3.05) is 6.54 Å². The molecule has 0 aliphatic rings. The molecular weight excluding hydrogens is 410 g/mol. The summed E-state index contributed by atoms with van der Waals surface area (Å²) in [7, 11) is 0. The van der Waals surface area contributed by atoms with Gasteiger partial charge in [-0.15, -0.1) is 0 Å². The van der Waals surface area contributed by atoms with Crippen molar-refractivity contribution >= 4 is 27.5 Å². The van der Waals surface area contributed by atoms with Gasteiger partial charge in [-0.2, -0.15) is 0 Å². The summed E-state index contributed by atoms with van der Waals surface area (Å²) in [6.07, 6.45) is 7.92. The first-order chi connectivity index (χ1) is 12.7. The molecule has 0 saturated heterocycles. The fourth-order valence-corrected chi connectivity index (χ4v) is 3.49. The van der Waals surface area contributed by atoms with E-state index in [4.69, 9.17) is 16.3 Å². The SMILES string of the molecule is CCCCCCCCNCc1cc(Br)ccc1OCc1cccc(Cl)c1. The monoisotopic (exact) mass is 437 g/mol. The number of hydrogen-bond donors (Lipinski definition) is 1. The molecule has 2 rings (SSSR count). The third kappa shape index (κ3) is 8.11. The van der Waals surface area contributed by atoms with E-state index in [0.717, 1.165) is 33.9 Å². The van der Waals surface area contributed by atoms with Crippen molar-refractivity contribution in [3.63, 3.8) is 0 Å². The maximum absolute atomic E-state index is 6.05. The molecule has 0 saturated carbocycles. The molecule has 2 nitrogen and oxygen atoms in total. The van der Waals surface area contributed by atoms with E-state index in [1.54, 1.807) is 0 Å². The Balaban J connectivity index is 1.79. The molecule has 4 heteroatoms. The summed E-state index contributed by atoms with van der Waals surface area (Å²) in [5, 5.41) is 4.28. The van der Waals surface area contributed by atoms with Crippen molar-refractivity contribution in [3.05, 3.63) is 63.1 Å². The molecule has 2 aromatic rings. The fraction of sp³-hybridized carbons (Fsp3) is 0.455. The zero-order chi connectivity index (χ0) is 18.6. The highest BCUT2D eigenvalue weighted by molar-refractivity contribution is 9.10. The van der Waals surface area contributed by atoms with E-state index >= 15 is 0 Å². The van der Waals surface area contributed by atoms with Gasteiger partial charge in [0.15, 0.2) is 0 Å². The van der Waals surface area contributed by atoms with Crippen LogP contribution in [0, 0.1) is 0 Å². The Kier molecular flexibility index (Phi) is 10.1. The van der Waals surface area contributed by atoms with Crippen LogP contribution >= 0.6 is 27.5 Å². The van der Waals surface area contributed by atoms with Gasteiger partial charge in [-0.05, 0) is 48.9 Å². The average molecular weight is 439 g/mol. The highest BCUT2D eigenvalue weighted by Crippen LogP contribution is 2.24. The summed E-state index contributed by atoms with van der Waals surface area (Å²) in [6.45, 7) is 4.64. The van der Waals surface area contributed by atoms with Crippen LogP contribution in [0.1, 0.15) is 56.6 Å². The normalized spacial score (nSPS) is 10.9. The van der Waals surface area contributed by atoms with Crippen LogP contribution in [0.4, 0.5) is 0 Å². The first-order valence-corrected chi connectivity index (χ1v) is 10.7. The summed E-state index contributed by atoms with van der Waals surface area (Å²) in [4.78, 5) is 0. The van der Waals surface area contributed by atoms with Gasteiger partial charge in [0.05, 0.1) is 0 Å². The van der Waals surface area contributed by atoms with Crippen LogP contribution in [0.25, 0.3) is 0 Å². The average Bonchev–Trinajstić information content (AvgIpc) is 2.63. The smallest absolute Gasteiger partial charge is 0.124 e. The molecule has 0 unspecified atom stereocenters. The van der Waals surface area contributed by atoms with Crippen molar-refractivity contribution in [2.24, 2.45) is 0 Å². The topological polar surface area (TPSA) is 21.3 Å². The third-order valence-electron chi connectivity index (χ3n) is 4.33. The molecule has 0 spiro atoms. The predicted octanol–water partition coefficient (Wildman–Crippen LogP) is 7.13.